The third-order valence-electron chi connectivity index (χ3n) is 6.02. The van der Waals surface area contributed by atoms with Crippen LogP contribution in [0.5, 0.6) is 0 Å². The molecule has 2 aliphatic heterocycles. The standard InChI is InChI=1S/C19H34N4O2S/c1-21(17-5-3-2-4-6-17)19(25)14-22-8-10-23(11-9-22)18(24)13-16-15-26-12-7-20-16/h16-17,20H,2-15H2,1H3. The average Bonchev–Trinajstić information content (AvgIpc) is 2.69. The van der Waals surface area contributed by atoms with E-state index in [-0.39, 0.29) is 11.8 Å². The summed E-state index contributed by atoms with van der Waals surface area (Å²) in [5, 5.41) is 3.44. The summed E-state index contributed by atoms with van der Waals surface area (Å²) < 4.78 is 0. The summed E-state index contributed by atoms with van der Waals surface area (Å²) in [6.45, 7) is 4.62. The zero-order chi connectivity index (χ0) is 18.4. The minimum absolute atomic E-state index is 0.236. The molecular weight excluding hydrogens is 348 g/mol. The summed E-state index contributed by atoms with van der Waals surface area (Å²) in [4.78, 5) is 31.2. The molecule has 6 nitrogen and oxygen atoms in total. The Labute approximate surface area is 162 Å². The average molecular weight is 383 g/mol. The van der Waals surface area contributed by atoms with E-state index in [2.05, 4.69) is 10.2 Å². The van der Waals surface area contributed by atoms with Crippen LogP contribution in [0.15, 0.2) is 0 Å². The summed E-state index contributed by atoms with van der Waals surface area (Å²) in [6.07, 6.45) is 6.71. The molecule has 2 amide bonds. The summed E-state index contributed by atoms with van der Waals surface area (Å²) in [6, 6.07) is 0.755. The van der Waals surface area contributed by atoms with Gasteiger partial charge < -0.3 is 15.1 Å². The van der Waals surface area contributed by atoms with Crippen molar-refractivity contribution in [2.75, 3.05) is 57.8 Å². The van der Waals surface area contributed by atoms with Crippen LogP contribution in [0.4, 0.5) is 0 Å². The zero-order valence-corrected chi connectivity index (χ0v) is 16.9. The second-order valence-corrected chi connectivity index (χ2v) is 9.03. The second kappa shape index (κ2) is 9.95. The van der Waals surface area contributed by atoms with Crippen molar-refractivity contribution in [2.45, 2.75) is 50.6 Å². The first-order valence-electron chi connectivity index (χ1n) is 10.2. The SMILES string of the molecule is CN(C(=O)CN1CCN(C(=O)CC2CSCCN2)CC1)C1CCCCC1. The van der Waals surface area contributed by atoms with Crippen molar-refractivity contribution in [2.24, 2.45) is 0 Å². The Kier molecular flexibility index (Phi) is 7.64. The summed E-state index contributed by atoms with van der Waals surface area (Å²) in [5.41, 5.74) is 0. The predicted molar refractivity (Wildman–Crippen MR) is 106 cm³/mol. The first kappa shape index (κ1) is 20.0. The maximum Gasteiger partial charge on any atom is 0.236 e. The van der Waals surface area contributed by atoms with E-state index in [9.17, 15) is 9.59 Å². The van der Waals surface area contributed by atoms with Gasteiger partial charge in [-0.1, -0.05) is 19.3 Å². The molecule has 26 heavy (non-hydrogen) atoms. The summed E-state index contributed by atoms with van der Waals surface area (Å²) >= 11 is 1.93. The smallest absolute Gasteiger partial charge is 0.236 e. The molecule has 3 fully saturated rings. The lowest BCUT2D eigenvalue weighted by Gasteiger charge is -2.37. The van der Waals surface area contributed by atoms with Gasteiger partial charge in [-0.3, -0.25) is 14.5 Å². The molecule has 0 aromatic heterocycles. The van der Waals surface area contributed by atoms with Crippen molar-refractivity contribution in [3.8, 4) is 0 Å². The van der Waals surface area contributed by atoms with Crippen LogP contribution in [0.25, 0.3) is 0 Å². The van der Waals surface area contributed by atoms with Crippen molar-refractivity contribution in [3.05, 3.63) is 0 Å². The molecule has 0 aromatic rings. The van der Waals surface area contributed by atoms with Gasteiger partial charge in [0.15, 0.2) is 0 Å². The van der Waals surface area contributed by atoms with Gasteiger partial charge in [-0.15, -0.1) is 0 Å². The van der Waals surface area contributed by atoms with Gasteiger partial charge in [-0.25, -0.2) is 0 Å². The van der Waals surface area contributed by atoms with E-state index < -0.39 is 0 Å². The van der Waals surface area contributed by atoms with Gasteiger partial charge in [0.25, 0.3) is 0 Å². The summed E-state index contributed by atoms with van der Waals surface area (Å²) in [5.74, 6) is 2.68. The number of nitrogens with zero attached hydrogens (tertiary/aromatic N) is 3. The van der Waals surface area contributed by atoms with Crippen LogP contribution in [-0.4, -0.2) is 96.4 Å². The molecule has 2 heterocycles. The van der Waals surface area contributed by atoms with Crippen LogP contribution >= 0.6 is 11.8 Å². The van der Waals surface area contributed by atoms with E-state index >= 15 is 0 Å². The normalized spacial score (nSPS) is 25.9. The van der Waals surface area contributed by atoms with Crippen LogP contribution in [0.1, 0.15) is 38.5 Å². The van der Waals surface area contributed by atoms with Gasteiger partial charge in [0.05, 0.1) is 6.54 Å². The van der Waals surface area contributed by atoms with Gasteiger partial charge in [0, 0.05) is 69.8 Å². The van der Waals surface area contributed by atoms with Crippen LogP contribution in [0, 0.1) is 0 Å². The number of piperazine rings is 1. The monoisotopic (exact) mass is 382 g/mol. The number of carbonyl (C=O) groups excluding carboxylic acids is 2. The lowest BCUT2D eigenvalue weighted by atomic mass is 9.94. The van der Waals surface area contributed by atoms with Crippen LogP contribution < -0.4 is 5.32 Å². The highest BCUT2D eigenvalue weighted by Gasteiger charge is 2.27. The van der Waals surface area contributed by atoms with E-state index in [1.54, 1.807) is 0 Å². The topological polar surface area (TPSA) is 55.9 Å². The highest BCUT2D eigenvalue weighted by atomic mass is 32.2. The minimum Gasteiger partial charge on any atom is -0.342 e. The number of nitrogens with one attached hydrogen (secondary N) is 1. The van der Waals surface area contributed by atoms with Crippen LogP contribution in [0.2, 0.25) is 0 Å². The number of thioether (sulfide) groups is 1. The summed E-state index contributed by atoms with van der Waals surface area (Å²) in [7, 11) is 1.97. The van der Waals surface area contributed by atoms with Crippen molar-refractivity contribution >= 4 is 23.6 Å². The zero-order valence-electron chi connectivity index (χ0n) is 16.1. The molecule has 7 heteroatoms. The van der Waals surface area contributed by atoms with Gasteiger partial charge in [-0.2, -0.15) is 11.8 Å². The first-order valence-corrected chi connectivity index (χ1v) is 11.4. The quantitative estimate of drug-likeness (QED) is 0.769. The van der Waals surface area contributed by atoms with E-state index in [0.29, 0.717) is 25.0 Å². The molecule has 3 rings (SSSR count). The van der Waals surface area contributed by atoms with E-state index in [1.807, 2.05) is 28.6 Å². The Bertz CT molecular complexity index is 470. The van der Waals surface area contributed by atoms with Gasteiger partial charge in [-0.05, 0) is 12.8 Å². The van der Waals surface area contributed by atoms with E-state index in [1.165, 1.54) is 19.3 Å². The van der Waals surface area contributed by atoms with Crippen molar-refractivity contribution in [1.29, 1.82) is 0 Å². The number of hydrogen-bond donors (Lipinski definition) is 1. The van der Waals surface area contributed by atoms with Crippen LogP contribution in [-0.2, 0) is 9.59 Å². The predicted octanol–water partition coefficient (Wildman–Crippen LogP) is 1.02. The fourth-order valence-corrected chi connectivity index (χ4v) is 5.17. The van der Waals surface area contributed by atoms with Crippen LogP contribution in [0.3, 0.4) is 0 Å². The number of carbonyl (C=O) groups is 2. The van der Waals surface area contributed by atoms with Gasteiger partial charge in [0.1, 0.15) is 0 Å². The van der Waals surface area contributed by atoms with Crippen molar-refractivity contribution in [1.82, 2.24) is 20.0 Å². The lowest BCUT2D eigenvalue weighted by Crippen LogP contribution is -2.53. The molecule has 0 bridgehead atoms. The minimum atomic E-state index is 0.236. The molecule has 1 aliphatic carbocycles. The number of hydrogen-bond acceptors (Lipinski definition) is 5. The fraction of sp³-hybridized carbons (Fsp3) is 0.895. The Hall–Kier alpha value is -0.790. The maximum absolute atomic E-state index is 12.6. The fourth-order valence-electron chi connectivity index (χ4n) is 4.22. The Morgan fingerprint density at radius 2 is 1.85 bits per heavy atom. The maximum atomic E-state index is 12.6. The molecule has 1 unspecified atom stereocenters. The van der Waals surface area contributed by atoms with Crippen molar-refractivity contribution in [3.63, 3.8) is 0 Å². The third-order valence-corrected chi connectivity index (χ3v) is 7.15. The lowest BCUT2D eigenvalue weighted by molar-refractivity contribution is -0.136. The molecular formula is C19H34N4O2S. The molecule has 0 aromatic carbocycles. The number of likely N-dealkylation sites (N-methyl/N-ethyl adjacent to an activating group) is 1. The van der Waals surface area contributed by atoms with Gasteiger partial charge in [0.2, 0.25) is 11.8 Å². The van der Waals surface area contributed by atoms with E-state index in [4.69, 9.17) is 0 Å². The number of rotatable bonds is 5. The highest BCUT2D eigenvalue weighted by molar-refractivity contribution is 7.99. The van der Waals surface area contributed by atoms with Crippen molar-refractivity contribution < 1.29 is 9.59 Å². The Morgan fingerprint density at radius 1 is 1.12 bits per heavy atom. The third kappa shape index (κ3) is 5.60. The molecule has 0 spiro atoms. The highest BCUT2D eigenvalue weighted by Crippen LogP contribution is 2.22. The Morgan fingerprint density at radius 3 is 2.50 bits per heavy atom. The number of amides is 2. The van der Waals surface area contributed by atoms with Gasteiger partial charge >= 0.3 is 0 Å². The Balaban J connectivity index is 1.37. The molecule has 148 valence electrons. The first-order chi connectivity index (χ1) is 12.6. The molecule has 1 N–H and O–H groups in total. The second-order valence-electron chi connectivity index (χ2n) is 7.88. The molecule has 0 radical (unpaired) electrons. The molecule has 2 saturated heterocycles. The molecule has 1 saturated carbocycles. The molecule has 3 aliphatic rings. The molecule has 1 atom stereocenters. The van der Waals surface area contributed by atoms with E-state index in [0.717, 1.165) is 57.1 Å². The largest absolute Gasteiger partial charge is 0.342 e.